The van der Waals surface area contributed by atoms with E-state index in [0.29, 0.717) is 18.8 Å². The minimum atomic E-state index is -0.441. The molecular formula is C13H18N6O2. The Hall–Kier alpha value is -2.22. The smallest absolute Gasteiger partial charge is 0.360 e. The lowest BCUT2D eigenvalue weighted by Crippen LogP contribution is -2.22. The summed E-state index contributed by atoms with van der Waals surface area (Å²) in [4.78, 5) is 11.9. The topological polar surface area (TPSA) is 86.9 Å². The summed E-state index contributed by atoms with van der Waals surface area (Å²) in [6.45, 7) is 2.23. The maximum atomic E-state index is 11.9. The fourth-order valence-electron chi connectivity index (χ4n) is 2.62. The molecule has 21 heavy (non-hydrogen) atoms. The molecular weight excluding hydrogens is 272 g/mol. The van der Waals surface area contributed by atoms with Gasteiger partial charge in [0.25, 0.3) is 0 Å². The molecule has 2 aromatic rings. The molecule has 3 rings (SSSR count). The van der Waals surface area contributed by atoms with Crippen molar-refractivity contribution < 1.29 is 9.53 Å². The highest BCUT2D eigenvalue weighted by Gasteiger charge is 2.29. The summed E-state index contributed by atoms with van der Waals surface area (Å²) in [5.74, 6) is -0.441. The Morgan fingerprint density at radius 3 is 3.10 bits per heavy atom. The van der Waals surface area contributed by atoms with E-state index in [4.69, 9.17) is 4.74 Å². The van der Waals surface area contributed by atoms with Crippen LogP contribution < -0.4 is 5.32 Å². The zero-order valence-corrected chi connectivity index (χ0v) is 11.9. The molecule has 1 unspecified atom stereocenters. The van der Waals surface area contributed by atoms with Gasteiger partial charge in [0, 0.05) is 12.4 Å². The fraction of sp³-hybridized carbons (Fsp3) is 0.538. The Morgan fingerprint density at radius 2 is 2.43 bits per heavy atom. The number of carbonyl (C=O) groups is 1. The van der Waals surface area contributed by atoms with Gasteiger partial charge in [-0.05, 0) is 25.5 Å². The van der Waals surface area contributed by atoms with Crippen LogP contribution in [-0.4, -0.2) is 44.4 Å². The van der Waals surface area contributed by atoms with Crippen molar-refractivity contribution in [2.24, 2.45) is 0 Å². The van der Waals surface area contributed by atoms with E-state index in [0.717, 1.165) is 25.1 Å². The van der Waals surface area contributed by atoms with Crippen molar-refractivity contribution in [3.8, 4) is 0 Å². The normalized spacial score (nSPS) is 18.0. The van der Waals surface area contributed by atoms with Crippen molar-refractivity contribution >= 4 is 5.97 Å². The number of nitrogens with one attached hydrogen (secondary N) is 1. The van der Waals surface area contributed by atoms with Gasteiger partial charge >= 0.3 is 5.97 Å². The summed E-state index contributed by atoms with van der Waals surface area (Å²) in [5, 5.41) is 15.7. The number of hydrogen-bond acceptors (Lipinski definition) is 6. The van der Waals surface area contributed by atoms with Gasteiger partial charge in [0.15, 0.2) is 5.69 Å². The average Bonchev–Trinajstić information content (AvgIpc) is 3.22. The van der Waals surface area contributed by atoms with Crippen LogP contribution in [0.15, 0.2) is 18.5 Å². The number of hydrogen-bond donors (Lipinski definition) is 1. The number of nitrogens with zero attached hydrogens (tertiary/aromatic N) is 5. The second kappa shape index (κ2) is 6.04. The Kier molecular flexibility index (Phi) is 3.96. The lowest BCUT2D eigenvalue weighted by molar-refractivity contribution is 0.0591. The van der Waals surface area contributed by atoms with Gasteiger partial charge in [0.05, 0.1) is 31.9 Å². The third-order valence-corrected chi connectivity index (χ3v) is 3.64. The van der Waals surface area contributed by atoms with Crippen molar-refractivity contribution in [2.45, 2.75) is 32.0 Å². The highest BCUT2D eigenvalue weighted by molar-refractivity contribution is 5.88. The molecule has 2 aromatic heterocycles. The molecule has 8 nitrogen and oxygen atoms in total. The highest BCUT2D eigenvalue weighted by atomic mass is 16.5. The average molecular weight is 290 g/mol. The van der Waals surface area contributed by atoms with Crippen LogP contribution in [0.5, 0.6) is 0 Å². The number of rotatable bonds is 5. The Bertz CT molecular complexity index is 600. The number of methoxy groups -OCH3 is 1. The monoisotopic (exact) mass is 290 g/mol. The van der Waals surface area contributed by atoms with Crippen LogP contribution in [0.4, 0.5) is 0 Å². The van der Waals surface area contributed by atoms with Crippen LogP contribution in [0.2, 0.25) is 0 Å². The Labute approximate surface area is 122 Å². The van der Waals surface area contributed by atoms with Crippen molar-refractivity contribution in [3.63, 3.8) is 0 Å². The van der Waals surface area contributed by atoms with Gasteiger partial charge in [0.2, 0.25) is 0 Å². The standard InChI is InChI=1S/C13H18N6O2/c1-21-13(20)11-12(10-4-2-5-14-10)19(17-16-11)9-8-18-7-3-6-15-18/h3,6-7,10,14H,2,4-5,8-9H2,1H3. The van der Waals surface area contributed by atoms with Crippen LogP contribution in [0.25, 0.3) is 0 Å². The molecule has 1 fully saturated rings. The number of aromatic nitrogens is 5. The second-order valence-electron chi connectivity index (χ2n) is 4.96. The van der Waals surface area contributed by atoms with Crippen LogP contribution in [-0.2, 0) is 17.8 Å². The molecule has 1 N–H and O–H groups in total. The summed E-state index contributed by atoms with van der Waals surface area (Å²) in [6.07, 6.45) is 5.68. The molecule has 0 bridgehead atoms. The van der Waals surface area contributed by atoms with Crippen LogP contribution in [0.3, 0.4) is 0 Å². The minimum absolute atomic E-state index is 0.103. The third-order valence-electron chi connectivity index (χ3n) is 3.64. The quantitative estimate of drug-likeness (QED) is 0.801. The van der Waals surface area contributed by atoms with Gasteiger partial charge in [-0.1, -0.05) is 5.21 Å². The van der Waals surface area contributed by atoms with E-state index in [-0.39, 0.29) is 6.04 Å². The SMILES string of the molecule is COC(=O)c1nnn(CCn2cccn2)c1C1CCCN1. The van der Waals surface area contributed by atoms with Gasteiger partial charge in [-0.25, -0.2) is 9.48 Å². The Balaban J connectivity index is 1.84. The second-order valence-corrected chi connectivity index (χ2v) is 4.96. The minimum Gasteiger partial charge on any atom is -0.464 e. The molecule has 0 amide bonds. The molecule has 1 atom stereocenters. The van der Waals surface area contributed by atoms with E-state index in [1.54, 1.807) is 10.9 Å². The lowest BCUT2D eigenvalue weighted by atomic mass is 10.1. The molecule has 1 aliphatic heterocycles. The molecule has 112 valence electrons. The van der Waals surface area contributed by atoms with Gasteiger partial charge < -0.3 is 10.1 Å². The number of ether oxygens (including phenoxy) is 1. The zero-order valence-electron chi connectivity index (χ0n) is 11.9. The molecule has 1 saturated heterocycles. The summed E-state index contributed by atoms with van der Waals surface area (Å²) < 4.78 is 8.40. The lowest BCUT2D eigenvalue weighted by Gasteiger charge is -2.13. The van der Waals surface area contributed by atoms with E-state index < -0.39 is 5.97 Å². The predicted molar refractivity (Wildman–Crippen MR) is 73.6 cm³/mol. The van der Waals surface area contributed by atoms with Crippen LogP contribution in [0.1, 0.15) is 35.1 Å². The van der Waals surface area contributed by atoms with Gasteiger partial charge in [-0.15, -0.1) is 5.10 Å². The maximum Gasteiger partial charge on any atom is 0.360 e. The molecule has 0 radical (unpaired) electrons. The number of esters is 1. The molecule has 3 heterocycles. The largest absolute Gasteiger partial charge is 0.464 e. The van der Waals surface area contributed by atoms with E-state index in [9.17, 15) is 4.79 Å². The van der Waals surface area contributed by atoms with E-state index >= 15 is 0 Å². The summed E-state index contributed by atoms with van der Waals surface area (Å²) in [6, 6.07) is 1.98. The molecule has 0 aromatic carbocycles. The molecule has 8 heteroatoms. The van der Waals surface area contributed by atoms with Crippen molar-refractivity contribution in [2.75, 3.05) is 13.7 Å². The third kappa shape index (κ3) is 2.80. The van der Waals surface area contributed by atoms with E-state index in [1.165, 1.54) is 7.11 Å². The molecule has 0 aliphatic carbocycles. The zero-order chi connectivity index (χ0) is 14.7. The summed E-state index contributed by atoms with van der Waals surface area (Å²) in [5.41, 5.74) is 1.11. The van der Waals surface area contributed by atoms with Gasteiger partial charge in [0.1, 0.15) is 0 Å². The van der Waals surface area contributed by atoms with E-state index in [1.807, 2.05) is 16.9 Å². The molecule has 0 saturated carbocycles. The first kappa shape index (κ1) is 13.7. The van der Waals surface area contributed by atoms with Crippen molar-refractivity contribution in [1.29, 1.82) is 0 Å². The first-order chi connectivity index (χ1) is 10.3. The summed E-state index contributed by atoms with van der Waals surface area (Å²) >= 11 is 0. The van der Waals surface area contributed by atoms with Gasteiger partial charge in [-0.2, -0.15) is 5.10 Å². The van der Waals surface area contributed by atoms with Gasteiger partial charge in [-0.3, -0.25) is 4.68 Å². The molecule has 1 aliphatic rings. The highest BCUT2D eigenvalue weighted by Crippen LogP contribution is 2.25. The number of carbonyl (C=O) groups excluding carboxylic acids is 1. The first-order valence-electron chi connectivity index (χ1n) is 7.02. The maximum absolute atomic E-state index is 11.9. The molecule has 0 spiro atoms. The van der Waals surface area contributed by atoms with E-state index in [2.05, 4.69) is 20.7 Å². The Morgan fingerprint density at radius 1 is 1.52 bits per heavy atom. The predicted octanol–water partition coefficient (Wildman–Crippen LogP) is 0.386. The summed E-state index contributed by atoms with van der Waals surface area (Å²) in [7, 11) is 1.36. The van der Waals surface area contributed by atoms with Crippen molar-refractivity contribution in [3.05, 3.63) is 29.8 Å². The van der Waals surface area contributed by atoms with Crippen LogP contribution in [0, 0.1) is 0 Å². The first-order valence-corrected chi connectivity index (χ1v) is 7.02. The van der Waals surface area contributed by atoms with Crippen LogP contribution >= 0.6 is 0 Å². The fourth-order valence-corrected chi connectivity index (χ4v) is 2.62. The number of aryl methyl sites for hydroxylation is 2. The van der Waals surface area contributed by atoms with Crippen molar-refractivity contribution in [1.82, 2.24) is 30.1 Å².